The molecule has 0 amide bonds. The van der Waals surface area contributed by atoms with Gasteiger partial charge in [-0.3, -0.25) is 0 Å². The normalized spacial score (nSPS) is 11.0. The van der Waals surface area contributed by atoms with E-state index in [1.807, 2.05) is 43.3 Å². The molecule has 0 unspecified atom stereocenters. The SMILES string of the molecule is CN(C)c1ccc(C=Nc2oc(-c3ccco3)c(-c3ccco3)c2C#N)cc1. The Bertz CT molecular complexity index is 1130. The average Bonchev–Trinajstić information content (AvgIpc) is 3.46. The number of hydrogen-bond acceptors (Lipinski definition) is 6. The van der Waals surface area contributed by atoms with E-state index in [0.717, 1.165) is 11.3 Å². The molecule has 0 radical (unpaired) electrons. The summed E-state index contributed by atoms with van der Waals surface area (Å²) >= 11 is 0. The maximum Gasteiger partial charge on any atom is 0.238 e. The number of nitrogens with zero attached hydrogens (tertiary/aromatic N) is 3. The van der Waals surface area contributed by atoms with Crippen molar-refractivity contribution in [1.82, 2.24) is 0 Å². The Labute approximate surface area is 161 Å². The van der Waals surface area contributed by atoms with Crippen molar-refractivity contribution >= 4 is 17.8 Å². The summed E-state index contributed by atoms with van der Waals surface area (Å²) < 4.78 is 16.9. The molecular formula is C22H17N3O3. The van der Waals surface area contributed by atoms with Gasteiger partial charge in [-0.25, -0.2) is 4.99 Å². The molecule has 6 heteroatoms. The molecule has 4 rings (SSSR count). The van der Waals surface area contributed by atoms with E-state index in [1.165, 1.54) is 0 Å². The standard InChI is InChI=1S/C22H17N3O3/c1-25(2)16-9-7-15(8-10-16)14-24-22-17(13-23)20(18-5-3-11-26-18)21(28-22)19-6-4-12-27-19/h3-12,14H,1-2H3. The van der Waals surface area contributed by atoms with Gasteiger partial charge in [-0.05, 0) is 42.0 Å². The first-order valence-corrected chi connectivity index (χ1v) is 8.63. The van der Waals surface area contributed by atoms with E-state index in [0.29, 0.717) is 28.4 Å². The minimum atomic E-state index is 0.206. The Balaban J connectivity index is 1.77. The minimum Gasteiger partial charge on any atom is -0.464 e. The van der Waals surface area contributed by atoms with Crippen LogP contribution >= 0.6 is 0 Å². The van der Waals surface area contributed by atoms with Crippen LogP contribution in [0.4, 0.5) is 11.6 Å². The summed E-state index contributed by atoms with van der Waals surface area (Å²) in [5, 5.41) is 9.74. The Morgan fingerprint density at radius 1 is 0.964 bits per heavy atom. The van der Waals surface area contributed by atoms with Crippen LogP contribution in [0.25, 0.3) is 22.8 Å². The number of anilines is 1. The second-order valence-electron chi connectivity index (χ2n) is 6.30. The third-order valence-corrected chi connectivity index (χ3v) is 4.25. The smallest absolute Gasteiger partial charge is 0.238 e. The van der Waals surface area contributed by atoms with Crippen molar-refractivity contribution in [2.75, 3.05) is 19.0 Å². The Hall–Kier alpha value is -3.98. The van der Waals surface area contributed by atoms with Crippen molar-refractivity contribution in [2.45, 2.75) is 0 Å². The number of furan rings is 3. The third kappa shape index (κ3) is 3.21. The number of hydrogen-bond donors (Lipinski definition) is 0. The summed E-state index contributed by atoms with van der Waals surface area (Å²) in [6, 6.07) is 17.1. The molecule has 0 saturated carbocycles. The van der Waals surface area contributed by atoms with Crippen LogP contribution in [0.5, 0.6) is 0 Å². The lowest BCUT2D eigenvalue weighted by atomic mass is 10.1. The fourth-order valence-corrected chi connectivity index (χ4v) is 2.84. The molecule has 6 nitrogen and oxygen atoms in total. The Morgan fingerprint density at radius 2 is 1.64 bits per heavy atom. The molecule has 3 heterocycles. The zero-order valence-electron chi connectivity index (χ0n) is 15.4. The maximum absolute atomic E-state index is 9.74. The van der Waals surface area contributed by atoms with Crippen LogP contribution in [0.1, 0.15) is 11.1 Å². The van der Waals surface area contributed by atoms with Gasteiger partial charge in [0.2, 0.25) is 5.88 Å². The van der Waals surface area contributed by atoms with E-state index in [9.17, 15) is 5.26 Å². The summed E-state index contributed by atoms with van der Waals surface area (Å²) in [7, 11) is 3.97. The topological polar surface area (TPSA) is 78.8 Å². The highest BCUT2D eigenvalue weighted by Gasteiger charge is 2.25. The van der Waals surface area contributed by atoms with E-state index >= 15 is 0 Å². The van der Waals surface area contributed by atoms with E-state index in [2.05, 4.69) is 11.1 Å². The second-order valence-corrected chi connectivity index (χ2v) is 6.30. The highest BCUT2D eigenvalue weighted by molar-refractivity contribution is 5.87. The van der Waals surface area contributed by atoms with Crippen LogP contribution in [-0.4, -0.2) is 20.3 Å². The summed E-state index contributed by atoms with van der Waals surface area (Å²) in [5.41, 5.74) is 2.80. The van der Waals surface area contributed by atoms with Crippen molar-refractivity contribution in [3.05, 3.63) is 72.2 Å². The molecule has 0 aliphatic heterocycles. The van der Waals surface area contributed by atoms with Crippen molar-refractivity contribution in [1.29, 1.82) is 5.26 Å². The Morgan fingerprint density at radius 3 is 2.21 bits per heavy atom. The predicted molar refractivity (Wildman–Crippen MR) is 107 cm³/mol. The van der Waals surface area contributed by atoms with Gasteiger partial charge in [-0.2, -0.15) is 5.26 Å². The molecule has 0 aliphatic carbocycles. The van der Waals surface area contributed by atoms with Gasteiger partial charge in [0.15, 0.2) is 11.5 Å². The summed E-state index contributed by atoms with van der Waals surface area (Å²) in [6.07, 6.45) is 4.76. The lowest BCUT2D eigenvalue weighted by Crippen LogP contribution is -2.08. The van der Waals surface area contributed by atoms with Crippen molar-refractivity contribution in [3.63, 3.8) is 0 Å². The lowest BCUT2D eigenvalue weighted by Gasteiger charge is -2.11. The molecular weight excluding hydrogens is 354 g/mol. The van der Waals surface area contributed by atoms with Crippen LogP contribution in [0, 0.1) is 11.3 Å². The van der Waals surface area contributed by atoms with E-state index < -0.39 is 0 Å². The van der Waals surface area contributed by atoms with Crippen LogP contribution in [0.2, 0.25) is 0 Å². The van der Waals surface area contributed by atoms with E-state index in [-0.39, 0.29) is 5.88 Å². The fourth-order valence-electron chi connectivity index (χ4n) is 2.84. The molecule has 138 valence electrons. The minimum absolute atomic E-state index is 0.206. The van der Waals surface area contributed by atoms with Crippen molar-refractivity contribution in [3.8, 4) is 28.9 Å². The zero-order valence-corrected chi connectivity index (χ0v) is 15.4. The van der Waals surface area contributed by atoms with Gasteiger partial charge >= 0.3 is 0 Å². The van der Waals surface area contributed by atoms with Gasteiger partial charge < -0.3 is 18.2 Å². The molecule has 0 spiro atoms. The molecule has 1 aromatic carbocycles. The first-order valence-electron chi connectivity index (χ1n) is 8.63. The van der Waals surface area contributed by atoms with E-state index in [1.54, 1.807) is 43.0 Å². The van der Waals surface area contributed by atoms with Gasteiger partial charge in [0, 0.05) is 26.0 Å². The first kappa shape index (κ1) is 17.4. The molecule has 3 aromatic heterocycles. The average molecular weight is 371 g/mol. The monoisotopic (exact) mass is 371 g/mol. The second kappa shape index (κ2) is 7.33. The molecule has 0 atom stereocenters. The third-order valence-electron chi connectivity index (χ3n) is 4.25. The molecule has 0 saturated heterocycles. The molecule has 28 heavy (non-hydrogen) atoms. The molecule has 0 fully saturated rings. The fraction of sp³-hybridized carbons (Fsp3) is 0.0909. The Kier molecular flexibility index (Phi) is 4.56. The quantitative estimate of drug-likeness (QED) is 0.434. The summed E-state index contributed by atoms with van der Waals surface area (Å²) in [5.74, 6) is 1.63. The van der Waals surface area contributed by atoms with Crippen LogP contribution < -0.4 is 4.90 Å². The highest BCUT2D eigenvalue weighted by Crippen LogP contribution is 2.42. The number of nitriles is 1. The molecule has 0 aliphatic rings. The molecule has 0 bridgehead atoms. The van der Waals surface area contributed by atoms with Gasteiger partial charge in [0.25, 0.3) is 0 Å². The van der Waals surface area contributed by atoms with Gasteiger partial charge in [-0.15, -0.1) is 0 Å². The van der Waals surface area contributed by atoms with E-state index in [4.69, 9.17) is 13.3 Å². The summed E-state index contributed by atoms with van der Waals surface area (Å²) in [6.45, 7) is 0. The highest BCUT2D eigenvalue weighted by atomic mass is 16.4. The van der Waals surface area contributed by atoms with Gasteiger partial charge in [-0.1, -0.05) is 12.1 Å². The van der Waals surface area contributed by atoms with Crippen LogP contribution in [-0.2, 0) is 0 Å². The van der Waals surface area contributed by atoms with Crippen LogP contribution in [0.15, 0.2) is 79.3 Å². The first-order chi connectivity index (χ1) is 13.7. The number of aliphatic imine (C=N–C) groups is 1. The summed E-state index contributed by atoms with van der Waals surface area (Å²) in [4.78, 5) is 6.43. The number of rotatable bonds is 5. The van der Waals surface area contributed by atoms with Crippen molar-refractivity contribution in [2.24, 2.45) is 4.99 Å². The molecule has 4 aromatic rings. The van der Waals surface area contributed by atoms with Crippen molar-refractivity contribution < 1.29 is 13.3 Å². The largest absolute Gasteiger partial charge is 0.464 e. The van der Waals surface area contributed by atoms with Gasteiger partial charge in [0.1, 0.15) is 17.4 Å². The maximum atomic E-state index is 9.74. The lowest BCUT2D eigenvalue weighted by molar-refractivity contribution is 0.527. The molecule has 0 N–H and O–H groups in total. The van der Waals surface area contributed by atoms with Crippen LogP contribution in [0.3, 0.4) is 0 Å². The number of benzene rings is 1. The van der Waals surface area contributed by atoms with Gasteiger partial charge in [0.05, 0.1) is 18.1 Å². The zero-order chi connectivity index (χ0) is 19.5. The predicted octanol–water partition coefficient (Wildman–Crippen LogP) is 5.49.